The van der Waals surface area contributed by atoms with Crippen LogP contribution in [0.5, 0.6) is 0 Å². The summed E-state index contributed by atoms with van der Waals surface area (Å²) in [6, 6.07) is 0. The quantitative estimate of drug-likeness (QED) is 0.921. The minimum Gasteiger partial charge on any atom is -0.367 e. The summed E-state index contributed by atoms with van der Waals surface area (Å²) in [6.07, 6.45) is 4.60. The Labute approximate surface area is 121 Å². The minimum absolute atomic E-state index is 0.255. The zero-order valence-corrected chi connectivity index (χ0v) is 12.8. The third-order valence-corrected chi connectivity index (χ3v) is 4.68. The molecule has 2 heterocycles. The van der Waals surface area contributed by atoms with E-state index in [1.54, 1.807) is 0 Å². The van der Waals surface area contributed by atoms with Gasteiger partial charge in [0.2, 0.25) is 0 Å². The molecule has 1 saturated carbocycles. The van der Waals surface area contributed by atoms with E-state index in [0.29, 0.717) is 5.92 Å². The van der Waals surface area contributed by atoms with E-state index in [1.807, 2.05) is 0 Å². The Balaban J connectivity index is 2.01. The van der Waals surface area contributed by atoms with Gasteiger partial charge in [0.25, 0.3) is 0 Å². The summed E-state index contributed by atoms with van der Waals surface area (Å²) in [7, 11) is 0. The Morgan fingerprint density at radius 3 is 2.95 bits per heavy atom. The number of aryl methyl sites for hydroxylation is 1. The van der Waals surface area contributed by atoms with E-state index in [9.17, 15) is 0 Å². The predicted octanol–water partition coefficient (Wildman–Crippen LogP) is 2.83. The molecule has 1 aliphatic heterocycles. The van der Waals surface area contributed by atoms with Crippen LogP contribution in [-0.4, -0.2) is 16.6 Å². The lowest BCUT2D eigenvalue weighted by atomic mass is 9.78. The van der Waals surface area contributed by atoms with E-state index < -0.39 is 0 Å². The smallest absolute Gasteiger partial charge is 0.160 e. The van der Waals surface area contributed by atoms with Crippen LogP contribution in [0.1, 0.15) is 62.3 Å². The second-order valence-electron chi connectivity index (χ2n) is 6.29. The SMILES string of the molecule is CCOC1(c2nc(C)c3c(n2)CNC3)CCCC(C)C1. The summed E-state index contributed by atoms with van der Waals surface area (Å²) >= 11 is 0. The van der Waals surface area contributed by atoms with E-state index in [2.05, 4.69) is 26.1 Å². The first kappa shape index (κ1) is 14.0. The van der Waals surface area contributed by atoms with Gasteiger partial charge in [0.1, 0.15) is 5.60 Å². The molecule has 0 saturated heterocycles. The first-order chi connectivity index (χ1) is 9.64. The highest BCUT2D eigenvalue weighted by molar-refractivity contribution is 5.29. The van der Waals surface area contributed by atoms with Crippen LogP contribution in [0.25, 0.3) is 0 Å². The van der Waals surface area contributed by atoms with Crippen LogP contribution < -0.4 is 5.32 Å². The Kier molecular flexibility index (Phi) is 3.78. The van der Waals surface area contributed by atoms with E-state index in [4.69, 9.17) is 14.7 Å². The molecular weight excluding hydrogens is 250 g/mol. The standard InChI is InChI=1S/C16H25N3O/c1-4-20-16(7-5-6-11(2)8-16)15-18-12(3)13-9-17-10-14(13)19-15/h11,17H,4-10H2,1-3H3. The molecule has 4 heteroatoms. The molecule has 4 nitrogen and oxygen atoms in total. The number of hydrogen-bond donors (Lipinski definition) is 1. The van der Waals surface area contributed by atoms with Crippen molar-refractivity contribution in [3.63, 3.8) is 0 Å². The zero-order valence-electron chi connectivity index (χ0n) is 12.8. The van der Waals surface area contributed by atoms with Gasteiger partial charge in [-0.2, -0.15) is 0 Å². The average Bonchev–Trinajstić information content (AvgIpc) is 2.88. The minimum atomic E-state index is -0.255. The molecule has 2 aliphatic rings. The second kappa shape index (κ2) is 5.41. The van der Waals surface area contributed by atoms with Gasteiger partial charge < -0.3 is 10.1 Å². The average molecular weight is 275 g/mol. The fraction of sp³-hybridized carbons (Fsp3) is 0.750. The van der Waals surface area contributed by atoms with Gasteiger partial charge in [-0.25, -0.2) is 9.97 Å². The largest absolute Gasteiger partial charge is 0.367 e. The van der Waals surface area contributed by atoms with E-state index in [-0.39, 0.29) is 5.60 Å². The lowest BCUT2D eigenvalue weighted by Crippen LogP contribution is -2.37. The van der Waals surface area contributed by atoms with Gasteiger partial charge in [-0.15, -0.1) is 0 Å². The fourth-order valence-corrected chi connectivity index (χ4v) is 3.72. The van der Waals surface area contributed by atoms with Crippen LogP contribution in [0.4, 0.5) is 0 Å². The fourth-order valence-electron chi connectivity index (χ4n) is 3.72. The molecule has 3 rings (SSSR count). The molecule has 110 valence electrons. The molecule has 0 spiro atoms. The Morgan fingerprint density at radius 1 is 1.35 bits per heavy atom. The first-order valence-electron chi connectivity index (χ1n) is 7.86. The van der Waals surface area contributed by atoms with Crippen LogP contribution in [-0.2, 0) is 23.4 Å². The maximum atomic E-state index is 6.20. The van der Waals surface area contributed by atoms with Gasteiger partial charge in [-0.3, -0.25) is 0 Å². The molecule has 2 unspecified atom stereocenters. The summed E-state index contributed by atoms with van der Waals surface area (Å²) in [5.41, 5.74) is 3.32. The van der Waals surface area contributed by atoms with Crippen molar-refractivity contribution in [3.8, 4) is 0 Å². The van der Waals surface area contributed by atoms with Crippen LogP contribution in [0.15, 0.2) is 0 Å². The summed E-state index contributed by atoms with van der Waals surface area (Å²) in [6.45, 7) is 8.98. The van der Waals surface area contributed by atoms with Crippen LogP contribution >= 0.6 is 0 Å². The number of nitrogens with zero attached hydrogens (tertiary/aromatic N) is 2. The molecule has 1 aromatic rings. The Hall–Kier alpha value is -1.00. The number of hydrogen-bond acceptors (Lipinski definition) is 4. The lowest BCUT2D eigenvalue weighted by Gasteiger charge is -2.38. The summed E-state index contributed by atoms with van der Waals surface area (Å²) in [5.74, 6) is 1.61. The van der Waals surface area contributed by atoms with Crippen molar-refractivity contribution in [2.75, 3.05) is 6.61 Å². The molecule has 0 bridgehead atoms. The van der Waals surface area contributed by atoms with Gasteiger partial charge >= 0.3 is 0 Å². The van der Waals surface area contributed by atoms with Crippen molar-refractivity contribution in [3.05, 3.63) is 22.8 Å². The van der Waals surface area contributed by atoms with Gasteiger partial charge in [0, 0.05) is 31.0 Å². The van der Waals surface area contributed by atoms with Crippen molar-refractivity contribution in [2.45, 2.75) is 65.1 Å². The number of aromatic nitrogens is 2. The van der Waals surface area contributed by atoms with Gasteiger partial charge in [0.15, 0.2) is 5.82 Å². The molecule has 1 fully saturated rings. The van der Waals surface area contributed by atoms with Crippen molar-refractivity contribution >= 4 is 0 Å². The molecule has 0 aromatic carbocycles. The molecule has 20 heavy (non-hydrogen) atoms. The zero-order chi connectivity index (χ0) is 14.2. The topological polar surface area (TPSA) is 47.0 Å². The summed E-state index contributed by atoms with van der Waals surface area (Å²) in [5, 5.41) is 3.37. The number of fused-ring (bicyclic) bond motifs is 1. The van der Waals surface area contributed by atoms with Crippen LogP contribution in [0, 0.1) is 12.8 Å². The van der Waals surface area contributed by atoms with Gasteiger partial charge in [-0.05, 0) is 39.0 Å². The Morgan fingerprint density at radius 2 is 2.20 bits per heavy atom. The number of nitrogens with one attached hydrogen (secondary N) is 1. The highest BCUT2D eigenvalue weighted by atomic mass is 16.5. The van der Waals surface area contributed by atoms with Gasteiger partial charge in [-0.1, -0.05) is 13.3 Å². The maximum Gasteiger partial charge on any atom is 0.160 e. The molecule has 1 aromatic heterocycles. The third kappa shape index (κ3) is 2.35. The third-order valence-electron chi connectivity index (χ3n) is 4.68. The van der Waals surface area contributed by atoms with Crippen molar-refractivity contribution in [1.82, 2.24) is 15.3 Å². The van der Waals surface area contributed by atoms with Crippen molar-refractivity contribution in [1.29, 1.82) is 0 Å². The highest BCUT2D eigenvalue weighted by Gasteiger charge is 2.40. The van der Waals surface area contributed by atoms with Gasteiger partial charge in [0.05, 0.1) is 5.69 Å². The molecule has 0 radical (unpaired) electrons. The molecule has 0 amide bonds. The second-order valence-corrected chi connectivity index (χ2v) is 6.29. The monoisotopic (exact) mass is 275 g/mol. The van der Waals surface area contributed by atoms with Crippen molar-refractivity contribution < 1.29 is 4.74 Å². The Bertz CT molecular complexity index is 499. The van der Waals surface area contributed by atoms with E-state index in [1.165, 1.54) is 24.1 Å². The normalized spacial score (nSPS) is 29.4. The first-order valence-corrected chi connectivity index (χ1v) is 7.86. The highest BCUT2D eigenvalue weighted by Crippen LogP contribution is 2.42. The summed E-state index contributed by atoms with van der Waals surface area (Å²) in [4.78, 5) is 9.68. The maximum absolute atomic E-state index is 6.20. The van der Waals surface area contributed by atoms with E-state index >= 15 is 0 Å². The number of ether oxygens (including phenoxy) is 1. The molecule has 2 atom stereocenters. The summed E-state index contributed by atoms with van der Waals surface area (Å²) < 4.78 is 6.20. The lowest BCUT2D eigenvalue weighted by molar-refractivity contribution is -0.0883. The van der Waals surface area contributed by atoms with Crippen LogP contribution in [0.3, 0.4) is 0 Å². The predicted molar refractivity (Wildman–Crippen MR) is 78.2 cm³/mol. The molecule has 1 N–H and O–H groups in total. The van der Waals surface area contributed by atoms with E-state index in [0.717, 1.165) is 44.1 Å². The molecule has 1 aliphatic carbocycles. The van der Waals surface area contributed by atoms with Crippen molar-refractivity contribution in [2.24, 2.45) is 5.92 Å². The molecular formula is C16H25N3O. The number of rotatable bonds is 3. The van der Waals surface area contributed by atoms with Crippen LogP contribution in [0.2, 0.25) is 0 Å².